The number of nitrogens with zero attached hydrogens (tertiary/aromatic N) is 4. The first-order valence-electron chi connectivity index (χ1n) is 7.78. The van der Waals surface area contributed by atoms with Crippen molar-refractivity contribution >= 4 is 11.6 Å². The monoisotopic (exact) mass is 377 g/mol. The number of carbonyl (C=O) groups is 1. The number of rotatable bonds is 6. The maximum Gasteiger partial charge on any atom is 0.422 e. The van der Waals surface area contributed by atoms with E-state index in [1.807, 2.05) is 0 Å². The number of anilines is 1. The highest BCUT2D eigenvalue weighted by Crippen LogP contribution is 2.21. The number of halogens is 3. The van der Waals surface area contributed by atoms with E-state index >= 15 is 0 Å². The molecule has 3 rings (SSSR count). The van der Waals surface area contributed by atoms with Gasteiger partial charge in [0.25, 0.3) is 5.91 Å². The summed E-state index contributed by atoms with van der Waals surface area (Å²) in [5.41, 5.74) is 1.33. The molecule has 7 nitrogen and oxygen atoms in total. The second-order valence-electron chi connectivity index (χ2n) is 5.50. The van der Waals surface area contributed by atoms with E-state index in [4.69, 9.17) is 0 Å². The van der Waals surface area contributed by atoms with Crippen molar-refractivity contribution < 1.29 is 22.7 Å². The van der Waals surface area contributed by atoms with Gasteiger partial charge >= 0.3 is 6.18 Å². The zero-order chi connectivity index (χ0) is 19.3. The molecule has 2 aromatic heterocycles. The molecule has 0 saturated heterocycles. The van der Waals surface area contributed by atoms with E-state index in [2.05, 4.69) is 25.1 Å². The van der Waals surface area contributed by atoms with Crippen LogP contribution in [0.2, 0.25) is 0 Å². The van der Waals surface area contributed by atoms with Gasteiger partial charge in [-0.25, -0.2) is 14.6 Å². The highest BCUT2D eigenvalue weighted by molar-refractivity contribution is 6.05. The minimum Gasteiger partial charge on any atom is -0.467 e. The standard InChI is InChI=1S/C17H14F3N5O2/c18-17(19,20)9-27-16-14(2-1-7-22-16)15(26)24-13-5-3-12(4-6-13)8-25-11-21-10-23-25/h1-7,10-11H,8-9H2,(H,24,26). The molecule has 0 atom stereocenters. The molecule has 140 valence electrons. The normalized spacial score (nSPS) is 11.2. The molecule has 0 aliphatic heterocycles. The summed E-state index contributed by atoms with van der Waals surface area (Å²) in [6.45, 7) is -1.01. The molecule has 1 aromatic carbocycles. The van der Waals surface area contributed by atoms with Crippen molar-refractivity contribution in [1.29, 1.82) is 0 Å². The predicted octanol–water partition coefficient (Wildman–Crippen LogP) is 2.91. The van der Waals surface area contributed by atoms with Crippen molar-refractivity contribution in [3.63, 3.8) is 0 Å². The van der Waals surface area contributed by atoms with Crippen LogP contribution in [-0.4, -0.2) is 38.4 Å². The third kappa shape index (κ3) is 5.27. The predicted molar refractivity (Wildman–Crippen MR) is 89.3 cm³/mol. The number of aromatic nitrogens is 4. The average molecular weight is 377 g/mol. The third-order valence-corrected chi connectivity index (χ3v) is 3.41. The van der Waals surface area contributed by atoms with Gasteiger partial charge in [0, 0.05) is 11.9 Å². The summed E-state index contributed by atoms with van der Waals surface area (Å²) in [6.07, 6.45) is -0.256. The van der Waals surface area contributed by atoms with Crippen molar-refractivity contribution in [2.45, 2.75) is 12.7 Å². The third-order valence-electron chi connectivity index (χ3n) is 3.41. The van der Waals surface area contributed by atoms with Gasteiger partial charge in [0.1, 0.15) is 18.2 Å². The SMILES string of the molecule is O=C(Nc1ccc(Cn2cncn2)cc1)c1cccnc1OCC(F)(F)F. The summed E-state index contributed by atoms with van der Waals surface area (Å²) < 4.78 is 43.3. The lowest BCUT2D eigenvalue weighted by Gasteiger charge is -2.12. The average Bonchev–Trinajstić information content (AvgIpc) is 3.14. The molecule has 0 radical (unpaired) electrons. The van der Waals surface area contributed by atoms with E-state index in [1.165, 1.54) is 24.7 Å². The van der Waals surface area contributed by atoms with E-state index in [0.717, 1.165) is 5.56 Å². The van der Waals surface area contributed by atoms with E-state index in [1.54, 1.807) is 35.3 Å². The molecule has 10 heteroatoms. The van der Waals surface area contributed by atoms with Crippen LogP contribution in [0, 0.1) is 0 Å². The van der Waals surface area contributed by atoms with E-state index in [0.29, 0.717) is 12.2 Å². The minimum atomic E-state index is -4.52. The van der Waals surface area contributed by atoms with Crippen LogP contribution < -0.4 is 10.1 Å². The van der Waals surface area contributed by atoms with Crippen LogP contribution in [0.3, 0.4) is 0 Å². The molecule has 0 unspecified atom stereocenters. The highest BCUT2D eigenvalue weighted by Gasteiger charge is 2.29. The number of carbonyl (C=O) groups excluding carboxylic acids is 1. The van der Waals surface area contributed by atoms with Crippen molar-refractivity contribution in [2.24, 2.45) is 0 Å². The molecule has 0 saturated carbocycles. The summed E-state index contributed by atoms with van der Waals surface area (Å²) in [6, 6.07) is 9.72. The van der Waals surface area contributed by atoms with Gasteiger partial charge in [0.05, 0.1) is 6.54 Å². The Bertz CT molecular complexity index is 896. The quantitative estimate of drug-likeness (QED) is 0.714. The summed E-state index contributed by atoms with van der Waals surface area (Å²) in [5, 5.41) is 6.61. The van der Waals surface area contributed by atoms with Gasteiger partial charge in [0.15, 0.2) is 6.61 Å². The smallest absolute Gasteiger partial charge is 0.422 e. The number of amides is 1. The molecule has 3 aromatic rings. The van der Waals surface area contributed by atoms with Crippen LogP contribution in [0.15, 0.2) is 55.2 Å². The molecule has 0 bridgehead atoms. The number of pyridine rings is 1. The summed E-state index contributed by atoms with van der Waals surface area (Å²) >= 11 is 0. The van der Waals surface area contributed by atoms with Gasteiger partial charge in [0.2, 0.25) is 5.88 Å². The maximum atomic E-state index is 12.4. The molecule has 0 aliphatic carbocycles. The fourth-order valence-corrected chi connectivity index (χ4v) is 2.22. The number of alkyl halides is 3. The Morgan fingerprint density at radius 1 is 1.19 bits per heavy atom. The summed E-state index contributed by atoms with van der Waals surface area (Å²) in [5.74, 6) is -1.00. The fourth-order valence-electron chi connectivity index (χ4n) is 2.22. The molecule has 0 fully saturated rings. The van der Waals surface area contributed by atoms with Gasteiger partial charge in [-0.05, 0) is 29.8 Å². The lowest BCUT2D eigenvalue weighted by molar-refractivity contribution is -0.154. The Labute approximate surface area is 151 Å². The van der Waals surface area contributed by atoms with Gasteiger partial charge in [-0.15, -0.1) is 0 Å². The highest BCUT2D eigenvalue weighted by atomic mass is 19.4. The van der Waals surface area contributed by atoms with Crippen LogP contribution in [-0.2, 0) is 6.54 Å². The van der Waals surface area contributed by atoms with Gasteiger partial charge in [-0.1, -0.05) is 12.1 Å². The van der Waals surface area contributed by atoms with E-state index in [9.17, 15) is 18.0 Å². The van der Waals surface area contributed by atoms with Crippen LogP contribution in [0.4, 0.5) is 18.9 Å². The number of ether oxygens (including phenoxy) is 1. The second kappa shape index (κ2) is 7.85. The van der Waals surface area contributed by atoms with Gasteiger partial charge in [-0.2, -0.15) is 18.3 Å². The molecule has 2 heterocycles. The lowest BCUT2D eigenvalue weighted by Crippen LogP contribution is -2.22. The van der Waals surface area contributed by atoms with Crippen molar-refractivity contribution in [3.05, 3.63) is 66.4 Å². The second-order valence-corrected chi connectivity index (χ2v) is 5.50. The number of hydrogen-bond acceptors (Lipinski definition) is 5. The van der Waals surface area contributed by atoms with Gasteiger partial charge in [-0.3, -0.25) is 4.79 Å². The van der Waals surface area contributed by atoms with Crippen molar-refractivity contribution in [3.8, 4) is 5.88 Å². The Morgan fingerprint density at radius 3 is 2.63 bits per heavy atom. The van der Waals surface area contributed by atoms with E-state index < -0.39 is 18.7 Å². The van der Waals surface area contributed by atoms with Crippen molar-refractivity contribution in [2.75, 3.05) is 11.9 Å². The molecule has 1 N–H and O–H groups in total. The molecule has 0 aliphatic rings. The largest absolute Gasteiger partial charge is 0.467 e. The summed E-state index contributed by atoms with van der Waals surface area (Å²) in [7, 11) is 0. The van der Waals surface area contributed by atoms with Crippen LogP contribution in [0.25, 0.3) is 0 Å². The zero-order valence-corrected chi connectivity index (χ0v) is 13.8. The zero-order valence-electron chi connectivity index (χ0n) is 13.8. The Hall–Kier alpha value is -3.43. The Morgan fingerprint density at radius 2 is 1.96 bits per heavy atom. The van der Waals surface area contributed by atoms with Crippen LogP contribution in [0.5, 0.6) is 5.88 Å². The number of hydrogen-bond donors (Lipinski definition) is 1. The Kier molecular flexibility index (Phi) is 5.34. The minimum absolute atomic E-state index is 0.0894. The fraction of sp³-hybridized carbons (Fsp3) is 0.176. The van der Waals surface area contributed by atoms with Crippen molar-refractivity contribution in [1.82, 2.24) is 19.7 Å². The molecular formula is C17H14F3N5O2. The number of benzene rings is 1. The first-order valence-corrected chi connectivity index (χ1v) is 7.78. The van der Waals surface area contributed by atoms with Gasteiger partial charge < -0.3 is 10.1 Å². The Balaban J connectivity index is 1.66. The molecular weight excluding hydrogens is 363 g/mol. The maximum absolute atomic E-state index is 12.4. The summed E-state index contributed by atoms with van der Waals surface area (Å²) in [4.78, 5) is 19.9. The topological polar surface area (TPSA) is 81.9 Å². The van der Waals surface area contributed by atoms with E-state index in [-0.39, 0.29) is 11.4 Å². The van der Waals surface area contributed by atoms with Crippen LogP contribution in [0.1, 0.15) is 15.9 Å². The van der Waals surface area contributed by atoms with Crippen LogP contribution >= 0.6 is 0 Å². The lowest BCUT2D eigenvalue weighted by atomic mass is 10.2. The number of nitrogens with one attached hydrogen (secondary N) is 1. The first-order chi connectivity index (χ1) is 12.9. The molecule has 1 amide bonds. The molecule has 0 spiro atoms. The molecule has 27 heavy (non-hydrogen) atoms. The first kappa shape index (κ1) is 18.4.